The number of hydrogen-bond acceptors (Lipinski definition) is 2. The highest BCUT2D eigenvalue weighted by molar-refractivity contribution is 5.86. The fourth-order valence-corrected chi connectivity index (χ4v) is 1.11. The van der Waals surface area contributed by atoms with Crippen LogP contribution in [-0.4, -0.2) is 11.9 Å². The maximum Gasteiger partial charge on any atom is 0.248 e. The predicted octanol–water partition coefficient (Wildman–Crippen LogP) is 0.592. The summed E-state index contributed by atoms with van der Waals surface area (Å²) >= 11 is 0. The molecular formula is C8H14N2O. The van der Waals surface area contributed by atoms with Gasteiger partial charge in [0, 0.05) is 0 Å². The SMILES string of the molecule is C=C1NC(=O)C(C(C)(C)C)N1. The highest BCUT2D eigenvalue weighted by atomic mass is 16.2. The maximum atomic E-state index is 11.2. The Kier molecular flexibility index (Phi) is 1.66. The lowest BCUT2D eigenvalue weighted by Gasteiger charge is -2.24. The van der Waals surface area contributed by atoms with Crippen molar-refractivity contribution in [1.82, 2.24) is 10.6 Å². The van der Waals surface area contributed by atoms with Gasteiger partial charge in [0.15, 0.2) is 0 Å². The molecule has 62 valence electrons. The van der Waals surface area contributed by atoms with Gasteiger partial charge in [-0.2, -0.15) is 0 Å². The topological polar surface area (TPSA) is 41.1 Å². The molecule has 0 aromatic rings. The van der Waals surface area contributed by atoms with Gasteiger partial charge in [-0.25, -0.2) is 0 Å². The van der Waals surface area contributed by atoms with Crippen molar-refractivity contribution in [3.05, 3.63) is 12.4 Å². The van der Waals surface area contributed by atoms with E-state index < -0.39 is 0 Å². The van der Waals surface area contributed by atoms with Crippen molar-refractivity contribution in [2.45, 2.75) is 26.8 Å². The summed E-state index contributed by atoms with van der Waals surface area (Å²) in [5.74, 6) is 0.623. The highest BCUT2D eigenvalue weighted by Crippen LogP contribution is 2.22. The minimum Gasteiger partial charge on any atom is -0.360 e. The molecule has 1 atom stereocenters. The number of rotatable bonds is 0. The predicted molar refractivity (Wildman–Crippen MR) is 43.7 cm³/mol. The van der Waals surface area contributed by atoms with Crippen LogP contribution in [-0.2, 0) is 4.79 Å². The molecule has 1 aliphatic heterocycles. The van der Waals surface area contributed by atoms with Crippen LogP contribution in [0.2, 0.25) is 0 Å². The summed E-state index contributed by atoms with van der Waals surface area (Å²) in [7, 11) is 0. The molecule has 0 aromatic heterocycles. The summed E-state index contributed by atoms with van der Waals surface area (Å²) in [6.45, 7) is 9.68. The Morgan fingerprint density at radius 1 is 1.45 bits per heavy atom. The third kappa shape index (κ3) is 1.53. The van der Waals surface area contributed by atoms with Gasteiger partial charge in [0.2, 0.25) is 5.91 Å². The average molecular weight is 154 g/mol. The molecule has 11 heavy (non-hydrogen) atoms. The normalized spacial score (nSPS) is 24.8. The van der Waals surface area contributed by atoms with Crippen LogP contribution in [0.4, 0.5) is 0 Å². The third-order valence-corrected chi connectivity index (χ3v) is 1.72. The number of carbonyl (C=O) groups excluding carboxylic acids is 1. The van der Waals surface area contributed by atoms with E-state index in [9.17, 15) is 4.79 Å². The van der Waals surface area contributed by atoms with Gasteiger partial charge in [0.25, 0.3) is 0 Å². The summed E-state index contributed by atoms with van der Waals surface area (Å²) in [5, 5.41) is 5.62. The van der Waals surface area contributed by atoms with Crippen molar-refractivity contribution in [1.29, 1.82) is 0 Å². The van der Waals surface area contributed by atoms with E-state index in [1.165, 1.54) is 0 Å². The van der Waals surface area contributed by atoms with Crippen LogP contribution >= 0.6 is 0 Å². The second-order valence-electron chi connectivity index (χ2n) is 3.91. The van der Waals surface area contributed by atoms with Crippen LogP contribution in [0.25, 0.3) is 0 Å². The summed E-state index contributed by atoms with van der Waals surface area (Å²) in [5.41, 5.74) is -0.0521. The van der Waals surface area contributed by atoms with E-state index in [-0.39, 0.29) is 17.4 Å². The van der Waals surface area contributed by atoms with Crippen molar-refractivity contribution >= 4 is 5.91 Å². The number of carbonyl (C=O) groups is 1. The standard InChI is InChI=1S/C8H14N2O/c1-5-9-6(7(11)10-5)8(2,3)4/h6,9H,1H2,2-4H3,(H,10,11). The zero-order valence-electron chi connectivity index (χ0n) is 7.19. The summed E-state index contributed by atoms with van der Waals surface area (Å²) in [6.07, 6.45) is 0. The van der Waals surface area contributed by atoms with Gasteiger partial charge in [-0.1, -0.05) is 27.4 Å². The Balaban J connectivity index is 2.76. The Labute approximate surface area is 66.9 Å². The molecule has 0 bridgehead atoms. The molecule has 0 saturated carbocycles. The van der Waals surface area contributed by atoms with Crippen molar-refractivity contribution in [3.8, 4) is 0 Å². The number of amides is 1. The van der Waals surface area contributed by atoms with Gasteiger partial charge in [0.05, 0.1) is 5.82 Å². The molecule has 2 N–H and O–H groups in total. The van der Waals surface area contributed by atoms with Gasteiger partial charge in [-0.05, 0) is 5.41 Å². The molecular weight excluding hydrogens is 140 g/mol. The molecule has 1 fully saturated rings. The molecule has 1 saturated heterocycles. The van der Waals surface area contributed by atoms with Gasteiger partial charge < -0.3 is 10.6 Å². The zero-order chi connectivity index (χ0) is 8.65. The van der Waals surface area contributed by atoms with Crippen LogP contribution in [0.1, 0.15) is 20.8 Å². The lowest BCUT2D eigenvalue weighted by Crippen LogP contribution is -2.40. The number of hydrogen-bond donors (Lipinski definition) is 2. The zero-order valence-corrected chi connectivity index (χ0v) is 7.19. The Hall–Kier alpha value is -0.990. The molecule has 1 heterocycles. The second kappa shape index (κ2) is 2.26. The maximum absolute atomic E-state index is 11.2. The largest absolute Gasteiger partial charge is 0.360 e. The minimum absolute atomic E-state index is 0.0162. The Bertz CT molecular complexity index is 203. The van der Waals surface area contributed by atoms with E-state index >= 15 is 0 Å². The monoisotopic (exact) mass is 154 g/mol. The van der Waals surface area contributed by atoms with E-state index in [0.29, 0.717) is 5.82 Å². The van der Waals surface area contributed by atoms with Crippen LogP contribution in [0, 0.1) is 5.41 Å². The lowest BCUT2D eigenvalue weighted by atomic mass is 9.87. The first-order chi connectivity index (χ1) is 4.91. The van der Waals surface area contributed by atoms with Crippen molar-refractivity contribution < 1.29 is 4.79 Å². The van der Waals surface area contributed by atoms with Crippen LogP contribution in [0.5, 0.6) is 0 Å². The molecule has 0 aromatic carbocycles. The summed E-state index contributed by atoms with van der Waals surface area (Å²) in [6, 6.07) is -0.144. The highest BCUT2D eigenvalue weighted by Gasteiger charge is 2.35. The second-order valence-corrected chi connectivity index (χ2v) is 3.91. The van der Waals surface area contributed by atoms with Crippen LogP contribution in [0.15, 0.2) is 12.4 Å². The van der Waals surface area contributed by atoms with E-state index in [0.717, 1.165) is 0 Å². The third-order valence-electron chi connectivity index (χ3n) is 1.72. The molecule has 1 unspecified atom stereocenters. The lowest BCUT2D eigenvalue weighted by molar-refractivity contribution is -0.122. The van der Waals surface area contributed by atoms with Crippen molar-refractivity contribution in [2.24, 2.45) is 5.41 Å². The van der Waals surface area contributed by atoms with E-state index in [2.05, 4.69) is 17.2 Å². The molecule has 0 aliphatic carbocycles. The minimum atomic E-state index is -0.144. The molecule has 1 amide bonds. The molecule has 0 radical (unpaired) electrons. The van der Waals surface area contributed by atoms with Gasteiger partial charge in [-0.3, -0.25) is 4.79 Å². The first-order valence-electron chi connectivity index (χ1n) is 3.67. The molecule has 0 spiro atoms. The van der Waals surface area contributed by atoms with Crippen molar-refractivity contribution in [3.63, 3.8) is 0 Å². The molecule has 3 nitrogen and oxygen atoms in total. The van der Waals surface area contributed by atoms with Gasteiger partial charge >= 0.3 is 0 Å². The van der Waals surface area contributed by atoms with Gasteiger partial charge in [-0.15, -0.1) is 0 Å². The quantitative estimate of drug-likeness (QED) is 0.536. The van der Waals surface area contributed by atoms with E-state index in [1.54, 1.807) is 0 Å². The Morgan fingerprint density at radius 2 is 2.00 bits per heavy atom. The van der Waals surface area contributed by atoms with Gasteiger partial charge in [0.1, 0.15) is 6.04 Å². The van der Waals surface area contributed by atoms with E-state index in [4.69, 9.17) is 0 Å². The Morgan fingerprint density at radius 3 is 2.18 bits per heavy atom. The molecule has 3 heteroatoms. The smallest absolute Gasteiger partial charge is 0.248 e. The molecule has 1 aliphatic rings. The average Bonchev–Trinajstić information content (AvgIpc) is 2.08. The first-order valence-corrected chi connectivity index (χ1v) is 3.67. The fraction of sp³-hybridized carbons (Fsp3) is 0.625. The van der Waals surface area contributed by atoms with Crippen LogP contribution in [0.3, 0.4) is 0 Å². The van der Waals surface area contributed by atoms with Crippen LogP contribution < -0.4 is 10.6 Å². The van der Waals surface area contributed by atoms with E-state index in [1.807, 2.05) is 20.8 Å². The number of nitrogens with one attached hydrogen (secondary N) is 2. The first kappa shape index (κ1) is 8.11. The van der Waals surface area contributed by atoms with Crippen molar-refractivity contribution in [2.75, 3.05) is 0 Å². The summed E-state index contributed by atoms with van der Waals surface area (Å²) < 4.78 is 0. The summed E-state index contributed by atoms with van der Waals surface area (Å²) in [4.78, 5) is 11.2. The molecule has 1 rings (SSSR count). The fourth-order valence-electron chi connectivity index (χ4n) is 1.11.